The molecule has 0 atom stereocenters. The first-order valence-corrected chi connectivity index (χ1v) is 12.2. The minimum Gasteiger partial charge on any atom is -0.490 e. The number of allylic oxidation sites excluding steroid dienone is 1. The quantitative estimate of drug-likeness (QED) is 0.258. The Hall–Kier alpha value is -4.15. The van der Waals surface area contributed by atoms with Crippen LogP contribution in [0.4, 0.5) is 5.69 Å². The van der Waals surface area contributed by atoms with Gasteiger partial charge in [-0.05, 0) is 37.3 Å². The minimum absolute atomic E-state index is 0.000947. The summed E-state index contributed by atoms with van der Waals surface area (Å²) >= 11 is 0. The van der Waals surface area contributed by atoms with E-state index in [0.29, 0.717) is 29.3 Å². The number of pyridine rings is 1. The SMILES string of the molecule is CCOC(=O)C1=C(Nc2ccccc2OCCN2CCOCC2)O/C(=C\c2c[nH]c3ncccc23)C1=O. The van der Waals surface area contributed by atoms with E-state index in [1.54, 1.807) is 37.5 Å². The number of H-pyrrole nitrogens is 1. The first-order chi connectivity index (χ1) is 18.1. The molecule has 192 valence electrons. The number of ketones is 1. The number of carbonyl (C=O) groups excluding carboxylic acids is 2. The van der Waals surface area contributed by atoms with Crippen molar-refractivity contribution >= 4 is 34.5 Å². The van der Waals surface area contributed by atoms with Gasteiger partial charge < -0.3 is 29.2 Å². The number of aromatic nitrogens is 2. The average Bonchev–Trinajstić information content (AvgIpc) is 3.46. The van der Waals surface area contributed by atoms with Crippen molar-refractivity contribution in [2.24, 2.45) is 0 Å². The zero-order valence-electron chi connectivity index (χ0n) is 20.5. The number of anilines is 1. The molecular formula is C27H28N4O6. The predicted octanol–water partition coefficient (Wildman–Crippen LogP) is 3.10. The van der Waals surface area contributed by atoms with E-state index < -0.39 is 11.8 Å². The molecule has 10 nitrogen and oxygen atoms in total. The Morgan fingerprint density at radius 3 is 2.89 bits per heavy atom. The number of esters is 1. The van der Waals surface area contributed by atoms with Gasteiger partial charge in [0, 0.05) is 43.0 Å². The standard InChI is InChI=1S/C27H28N4O6/c1-2-35-27(33)23-24(32)22(16-18-17-29-25-19(18)6-5-9-28-25)37-26(23)30-20-7-3-4-8-21(20)36-15-12-31-10-13-34-14-11-31/h3-9,16-17,30H,2,10-15H2,1H3,(H,28,29)/b22-16-. The van der Waals surface area contributed by atoms with Gasteiger partial charge in [0.15, 0.2) is 11.3 Å². The molecule has 2 aromatic heterocycles. The molecule has 5 rings (SSSR count). The zero-order valence-corrected chi connectivity index (χ0v) is 20.5. The molecule has 3 aromatic rings. The maximum absolute atomic E-state index is 13.3. The van der Waals surface area contributed by atoms with Crippen LogP contribution in [-0.4, -0.2) is 72.7 Å². The number of nitrogens with one attached hydrogen (secondary N) is 2. The highest BCUT2D eigenvalue weighted by Gasteiger charge is 2.37. The fraction of sp³-hybridized carbons (Fsp3) is 0.296. The number of para-hydroxylation sites is 2. The highest BCUT2D eigenvalue weighted by Crippen LogP contribution is 2.33. The summed E-state index contributed by atoms with van der Waals surface area (Å²) in [6, 6.07) is 11.0. The third-order valence-corrected chi connectivity index (χ3v) is 6.04. The summed E-state index contributed by atoms with van der Waals surface area (Å²) in [5.74, 6) is -0.754. The van der Waals surface area contributed by atoms with Crippen LogP contribution in [0.3, 0.4) is 0 Å². The van der Waals surface area contributed by atoms with Crippen LogP contribution < -0.4 is 10.1 Å². The predicted molar refractivity (Wildman–Crippen MR) is 137 cm³/mol. The summed E-state index contributed by atoms with van der Waals surface area (Å²) in [6.45, 7) is 6.22. The summed E-state index contributed by atoms with van der Waals surface area (Å²) in [4.78, 5) is 35.6. The van der Waals surface area contributed by atoms with Crippen LogP contribution in [0.25, 0.3) is 17.1 Å². The van der Waals surface area contributed by atoms with Gasteiger partial charge in [-0.25, -0.2) is 9.78 Å². The van der Waals surface area contributed by atoms with E-state index >= 15 is 0 Å². The van der Waals surface area contributed by atoms with Crippen LogP contribution in [0.5, 0.6) is 5.75 Å². The lowest BCUT2D eigenvalue weighted by Crippen LogP contribution is -2.38. The molecule has 0 aliphatic carbocycles. The first kappa shape index (κ1) is 24.5. The Labute approximate surface area is 213 Å². The van der Waals surface area contributed by atoms with Gasteiger partial charge in [0.2, 0.25) is 11.7 Å². The van der Waals surface area contributed by atoms with E-state index in [0.717, 1.165) is 38.2 Å². The van der Waals surface area contributed by atoms with Crippen LogP contribution in [0.1, 0.15) is 12.5 Å². The number of fused-ring (bicyclic) bond motifs is 1. The summed E-state index contributed by atoms with van der Waals surface area (Å²) in [5, 5.41) is 3.90. The molecule has 2 aliphatic rings. The van der Waals surface area contributed by atoms with E-state index in [4.69, 9.17) is 18.9 Å². The number of hydrogen-bond acceptors (Lipinski definition) is 9. The van der Waals surface area contributed by atoms with Gasteiger partial charge in [0.25, 0.3) is 0 Å². The number of hydrogen-bond donors (Lipinski definition) is 2. The maximum atomic E-state index is 13.3. The van der Waals surface area contributed by atoms with Gasteiger partial charge in [0.05, 0.1) is 25.5 Å². The van der Waals surface area contributed by atoms with Gasteiger partial charge in [0.1, 0.15) is 18.0 Å². The first-order valence-electron chi connectivity index (χ1n) is 12.2. The smallest absolute Gasteiger partial charge is 0.347 e. The molecule has 0 bridgehead atoms. The number of aromatic amines is 1. The third-order valence-electron chi connectivity index (χ3n) is 6.04. The lowest BCUT2D eigenvalue weighted by molar-refractivity contribution is -0.139. The molecule has 37 heavy (non-hydrogen) atoms. The van der Waals surface area contributed by atoms with Gasteiger partial charge in [-0.3, -0.25) is 9.69 Å². The Kier molecular flexibility index (Phi) is 7.48. The molecule has 1 fully saturated rings. The van der Waals surface area contributed by atoms with Crippen LogP contribution in [0.2, 0.25) is 0 Å². The van der Waals surface area contributed by atoms with Crippen molar-refractivity contribution in [2.75, 3.05) is 51.4 Å². The molecule has 0 radical (unpaired) electrons. The van der Waals surface area contributed by atoms with Crippen molar-refractivity contribution in [3.05, 3.63) is 71.6 Å². The molecule has 0 unspecified atom stereocenters. The Morgan fingerprint density at radius 2 is 2.05 bits per heavy atom. The molecule has 10 heteroatoms. The van der Waals surface area contributed by atoms with E-state index in [1.807, 2.05) is 24.3 Å². The zero-order chi connectivity index (χ0) is 25.6. The number of carbonyl (C=O) groups is 2. The number of Topliss-reactive ketones (excluding diaryl/α,β-unsaturated/α-hetero) is 1. The van der Waals surface area contributed by atoms with Gasteiger partial charge in [-0.1, -0.05) is 12.1 Å². The van der Waals surface area contributed by atoms with Crippen molar-refractivity contribution in [2.45, 2.75) is 6.92 Å². The lowest BCUT2D eigenvalue weighted by Gasteiger charge is -2.26. The second-order valence-corrected chi connectivity index (χ2v) is 8.43. The third kappa shape index (κ3) is 5.50. The second kappa shape index (κ2) is 11.3. The topological polar surface area (TPSA) is 115 Å². The van der Waals surface area contributed by atoms with E-state index in [2.05, 4.69) is 20.2 Å². The van der Waals surface area contributed by atoms with Gasteiger partial charge in [-0.2, -0.15) is 0 Å². The molecule has 0 spiro atoms. The van der Waals surface area contributed by atoms with E-state index in [9.17, 15) is 9.59 Å². The molecule has 2 N–H and O–H groups in total. The lowest BCUT2D eigenvalue weighted by atomic mass is 10.1. The largest absolute Gasteiger partial charge is 0.490 e. The molecular weight excluding hydrogens is 476 g/mol. The Balaban J connectivity index is 1.37. The number of morpholine rings is 1. The molecule has 1 aromatic carbocycles. The summed E-state index contributed by atoms with van der Waals surface area (Å²) in [5.41, 5.74) is 1.75. The summed E-state index contributed by atoms with van der Waals surface area (Å²) in [7, 11) is 0. The number of benzene rings is 1. The Bertz CT molecular complexity index is 1360. The van der Waals surface area contributed by atoms with Crippen molar-refractivity contribution < 1.29 is 28.5 Å². The normalized spacial score (nSPS) is 17.3. The fourth-order valence-electron chi connectivity index (χ4n) is 4.17. The summed E-state index contributed by atoms with van der Waals surface area (Å²) < 4.78 is 22.5. The maximum Gasteiger partial charge on any atom is 0.347 e. The Morgan fingerprint density at radius 1 is 1.22 bits per heavy atom. The molecule has 4 heterocycles. The monoisotopic (exact) mass is 504 g/mol. The van der Waals surface area contributed by atoms with Gasteiger partial charge >= 0.3 is 5.97 Å². The second-order valence-electron chi connectivity index (χ2n) is 8.43. The van der Waals surface area contributed by atoms with Gasteiger partial charge in [-0.15, -0.1) is 0 Å². The van der Waals surface area contributed by atoms with Crippen LogP contribution >= 0.6 is 0 Å². The number of ether oxygens (including phenoxy) is 4. The molecule has 0 amide bonds. The van der Waals surface area contributed by atoms with Crippen molar-refractivity contribution in [3.63, 3.8) is 0 Å². The van der Waals surface area contributed by atoms with Crippen LogP contribution in [0, 0.1) is 0 Å². The van der Waals surface area contributed by atoms with Crippen molar-refractivity contribution in [3.8, 4) is 5.75 Å². The molecule has 0 saturated carbocycles. The van der Waals surface area contributed by atoms with Crippen molar-refractivity contribution in [1.82, 2.24) is 14.9 Å². The number of nitrogens with zero attached hydrogens (tertiary/aromatic N) is 2. The van der Waals surface area contributed by atoms with Crippen LogP contribution in [0.15, 0.2) is 66.0 Å². The minimum atomic E-state index is -0.760. The van der Waals surface area contributed by atoms with E-state index in [1.165, 1.54) is 0 Å². The average molecular weight is 505 g/mol. The van der Waals surface area contributed by atoms with Crippen LogP contribution in [-0.2, 0) is 23.8 Å². The van der Waals surface area contributed by atoms with E-state index in [-0.39, 0.29) is 23.8 Å². The molecule has 2 aliphatic heterocycles. The van der Waals surface area contributed by atoms with Crippen molar-refractivity contribution in [1.29, 1.82) is 0 Å². The summed E-state index contributed by atoms with van der Waals surface area (Å²) in [6.07, 6.45) is 4.99. The highest BCUT2D eigenvalue weighted by molar-refractivity contribution is 6.26. The molecule has 1 saturated heterocycles. The fourth-order valence-corrected chi connectivity index (χ4v) is 4.17. The highest BCUT2D eigenvalue weighted by atomic mass is 16.5. The number of rotatable bonds is 9.